The molecule has 1 aromatic heterocycles. The summed E-state index contributed by atoms with van der Waals surface area (Å²) in [5, 5.41) is 2.60. The van der Waals surface area contributed by atoms with Gasteiger partial charge in [0.1, 0.15) is 6.10 Å². The number of hydrogen-bond donors (Lipinski definition) is 0. The molecule has 1 aliphatic rings. The van der Waals surface area contributed by atoms with Crippen molar-refractivity contribution < 1.29 is 8.39 Å². The minimum absolute atomic E-state index is 0.0305. The standard InChI is InChI=1S/C15H16O2S3/c1-11-9-14(13-7-8-18-15(13)19-11)17-20(16)10-12-5-3-2-4-6-12/h2-8,11,14H,9-10H2,1H3. The molecule has 1 aromatic carbocycles. The maximum Gasteiger partial charge on any atom is 0.160 e. The first-order valence-corrected chi connectivity index (χ1v) is 9.56. The first-order valence-electron chi connectivity index (χ1n) is 6.56. The van der Waals surface area contributed by atoms with Crippen molar-refractivity contribution in [2.24, 2.45) is 0 Å². The molecule has 0 saturated heterocycles. The first-order chi connectivity index (χ1) is 9.72. The fourth-order valence-electron chi connectivity index (χ4n) is 2.26. The van der Waals surface area contributed by atoms with Crippen molar-refractivity contribution in [2.75, 3.05) is 0 Å². The zero-order valence-corrected chi connectivity index (χ0v) is 13.6. The summed E-state index contributed by atoms with van der Waals surface area (Å²) in [7, 11) is 0. The minimum Gasteiger partial charge on any atom is -0.282 e. The molecule has 0 fully saturated rings. The third kappa shape index (κ3) is 3.34. The second-order valence-electron chi connectivity index (χ2n) is 4.85. The summed E-state index contributed by atoms with van der Waals surface area (Å²) < 4.78 is 19.3. The van der Waals surface area contributed by atoms with E-state index in [4.69, 9.17) is 4.18 Å². The van der Waals surface area contributed by atoms with Gasteiger partial charge in [0.25, 0.3) is 0 Å². The highest BCUT2D eigenvalue weighted by atomic mass is 32.2. The second-order valence-corrected chi connectivity index (χ2v) is 8.56. The van der Waals surface area contributed by atoms with Gasteiger partial charge in [-0.15, -0.1) is 23.1 Å². The zero-order valence-electron chi connectivity index (χ0n) is 11.2. The van der Waals surface area contributed by atoms with Gasteiger partial charge in [-0.3, -0.25) is 4.18 Å². The average molecular weight is 324 g/mol. The predicted octanol–water partition coefficient (Wildman–Crippen LogP) is 4.55. The van der Waals surface area contributed by atoms with Crippen molar-refractivity contribution in [1.29, 1.82) is 0 Å². The number of hydrogen-bond acceptors (Lipinski definition) is 4. The molecule has 5 heteroatoms. The maximum absolute atomic E-state index is 12.2. The zero-order chi connectivity index (χ0) is 13.9. The van der Waals surface area contributed by atoms with Crippen molar-refractivity contribution in [2.45, 2.75) is 34.7 Å². The van der Waals surface area contributed by atoms with Crippen LogP contribution in [0.3, 0.4) is 0 Å². The Morgan fingerprint density at radius 1 is 1.30 bits per heavy atom. The fourth-order valence-corrected chi connectivity index (χ4v) is 5.77. The lowest BCUT2D eigenvalue weighted by Gasteiger charge is -2.25. The van der Waals surface area contributed by atoms with Crippen LogP contribution in [-0.2, 0) is 21.0 Å². The molecule has 0 N–H and O–H groups in total. The highest BCUT2D eigenvalue weighted by Gasteiger charge is 2.28. The van der Waals surface area contributed by atoms with E-state index in [0.29, 0.717) is 11.0 Å². The highest BCUT2D eigenvalue weighted by molar-refractivity contribution is 8.01. The molecule has 20 heavy (non-hydrogen) atoms. The van der Waals surface area contributed by atoms with Crippen LogP contribution in [0.2, 0.25) is 0 Å². The minimum atomic E-state index is -1.28. The molecule has 2 aromatic rings. The molecule has 0 amide bonds. The van der Waals surface area contributed by atoms with Crippen LogP contribution >= 0.6 is 23.1 Å². The van der Waals surface area contributed by atoms with Crippen LogP contribution in [0, 0.1) is 0 Å². The molecule has 2 heterocycles. The third-order valence-corrected chi connectivity index (χ3v) is 6.57. The van der Waals surface area contributed by atoms with E-state index in [0.717, 1.165) is 12.0 Å². The number of rotatable bonds is 4. The van der Waals surface area contributed by atoms with E-state index in [1.165, 1.54) is 9.77 Å². The van der Waals surface area contributed by atoms with Crippen LogP contribution in [0.25, 0.3) is 0 Å². The van der Waals surface area contributed by atoms with E-state index in [1.807, 2.05) is 42.1 Å². The maximum atomic E-state index is 12.2. The van der Waals surface area contributed by atoms with Gasteiger partial charge in [0.05, 0.1) is 9.96 Å². The Hall–Kier alpha value is -0.620. The van der Waals surface area contributed by atoms with Crippen LogP contribution in [-0.4, -0.2) is 9.46 Å². The molecule has 106 valence electrons. The van der Waals surface area contributed by atoms with Crippen molar-refractivity contribution in [3.63, 3.8) is 0 Å². The molecule has 1 aliphatic heterocycles. The molecular formula is C15H16O2S3. The Labute approximate surface area is 130 Å². The molecule has 0 spiro atoms. The third-order valence-electron chi connectivity index (χ3n) is 3.21. The quantitative estimate of drug-likeness (QED) is 0.825. The van der Waals surface area contributed by atoms with Crippen molar-refractivity contribution in [1.82, 2.24) is 0 Å². The van der Waals surface area contributed by atoms with Crippen LogP contribution in [0.1, 0.15) is 30.6 Å². The Bertz CT molecular complexity index is 594. The summed E-state index contributed by atoms with van der Waals surface area (Å²) in [5.41, 5.74) is 2.26. The number of thiophene rings is 1. The smallest absolute Gasteiger partial charge is 0.160 e. The molecule has 2 nitrogen and oxygen atoms in total. The van der Waals surface area contributed by atoms with Gasteiger partial charge in [-0.2, -0.15) is 0 Å². The van der Waals surface area contributed by atoms with Gasteiger partial charge in [0.2, 0.25) is 0 Å². The summed E-state index contributed by atoms with van der Waals surface area (Å²) in [4.78, 5) is 0. The Kier molecular flexibility index (Phi) is 4.61. The lowest BCUT2D eigenvalue weighted by atomic mass is 10.1. The van der Waals surface area contributed by atoms with Crippen LogP contribution in [0.15, 0.2) is 46.0 Å². The molecule has 3 unspecified atom stereocenters. The van der Waals surface area contributed by atoms with E-state index in [1.54, 1.807) is 11.3 Å². The summed E-state index contributed by atoms with van der Waals surface area (Å²) >= 11 is 2.36. The lowest BCUT2D eigenvalue weighted by molar-refractivity contribution is 0.214. The van der Waals surface area contributed by atoms with Crippen molar-refractivity contribution in [3.05, 3.63) is 52.9 Å². The number of benzene rings is 1. The average Bonchev–Trinajstić information content (AvgIpc) is 2.88. The lowest BCUT2D eigenvalue weighted by Crippen LogP contribution is -2.16. The second kappa shape index (κ2) is 6.43. The van der Waals surface area contributed by atoms with Gasteiger partial charge in [-0.25, -0.2) is 4.21 Å². The van der Waals surface area contributed by atoms with Crippen LogP contribution in [0.4, 0.5) is 0 Å². The van der Waals surface area contributed by atoms with E-state index >= 15 is 0 Å². The van der Waals surface area contributed by atoms with E-state index < -0.39 is 11.1 Å². The molecule has 0 bridgehead atoms. The van der Waals surface area contributed by atoms with Crippen LogP contribution in [0.5, 0.6) is 0 Å². The van der Waals surface area contributed by atoms with Crippen LogP contribution < -0.4 is 0 Å². The monoisotopic (exact) mass is 324 g/mol. The summed E-state index contributed by atoms with van der Waals surface area (Å²) in [5.74, 6) is 0.457. The molecule has 3 atom stereocenters. The molecule has 0 saturated carbocycles. The largest absolute Gasteiger partial charge is 0.282 e. The highest BCUT2D eigenvalue weighted by Crippen LogP contribution is 2.45. The summed E-state index contributed by atoms with van der Waals surface area (Å²) in [6.45, 7) is 2.20. The number of fused-ring (bicyclic) bond motifs is 1. The Balaban J connectivity index is 1.68. The topological polar surface area (TPSA) is 26.3 Å². The Morgan fingerprint density at radius 3 is 2.90 bits per heavy atom. The van der Waals surface area contributed by atoms with E-state index in [-0.39, 0.29) is 6.10 Å². The molecule has 0 radical (unpaired) electrons. The Morgan fingerprint density at radius 2 is 2.10 bits per heavy atom. The SMILES string of the molecule is CC1CC(OS(=O)Cc2ccccc2)c2ccsc2S1. The van der Waals surface area contributed by atoms with Crippen molar-refractivity contribution in [3.8, 4) is 0 Å². The van der Waals surface area contributed by atoms with Gasteiger partial charge in [0.15, 0.2) is 11.1 Å². The molecule has 0 aliphatic carbocycles. The van der Waals surface area contributed by atoms with Gasteiger partial charge in [-0.1, -0.05) is 37.3 Å². The normalized spacial score (nSPS) is 23.2. The van der Waals surface area contributed by atoms with Crippen molar-refractivity contribution >= 4 is 34.2 Å². The molecule has 3 rings (SSSR count). The fraction of sp³-hybridized carbons (Fsp3) is 0.333. The van der Waals surface area contributed by atoms with Gasteiger partial charge >= 0.3 is 0 Å². The molecular weight excluding hydrogens is 308 g/mol. The van der Waals surface area contributed by atoms with Gasteiger partial charge < -0.3 is 0 Å². The van der Waals surface area contributed by atoms with Gasteiger partial charge in [-0.05, 0) is 23.4 Å². The van der Waals surface area contributed by atoms with E-state index in [9.17, 15) is 4.21 Å². The number of thioether (sulfide) groups is 1. The summed E-state index contributed by atoms with van der Waals surface area (Å²) in [6, 6.07) is 12.0. The summed E-state index contributed by atoms with van der Waals surface area (Å²) in [6.07, 6.45) is 0.895. The van der Waals surface area contributed by atoms with E-state index in [2.05, 4.69) is 18.4 Å². The predicted molar refractivity (Wildman–Crippen MR) is 86.4 cm³/mol. The van der Waals surface area contributed by atoms with Gasteiger partial charge in [0, 0.05) is 10.8 Å². The first kappa shape index (κ1) is 14.3.